The van der Waals surface area contributed by atoms with Gasteiger partial charge in [-0.25, -0.2) is 0 Å². The van der Waals surface area contributed by atoms with Gasteiger partial charge in [0.05, 0.1) is 0 Å². The average Bonchev–Trinajstić information content (AvgIpc) is 2.12. The summed E-state index contributed by atoms with van der Waals surface area (Å²) in [5.41, 5.74) is 0. The molecule has 30 valence electrons. The van der Waals surface area contributed by atoms with Gasteiger partial charge in [0.15, 0.2) is 0 Å². The molecule has 1 aliphatic carbocycles. The zero-order valence-electron chi connectivity index (χ0n) is 2.98. The summed E-state index contributed by atoms with van der Waals surface area (Å²) in [6.07, 6.45) is 3.31. The molecule has 1 nitrogen and oxygen atoms in total. The van der Waals surface area contributed by atoms with Crippen molar-refractivity contribution in [1.82, 2.24) is 0 Å². The molecule has 1 fully saturated rings. The van der Waals surface area contributed by atoms with E-state index in [9.17, 15) is 4.79 Å². The van der Waals surface area contributed by atoms with Gasteiger partial charge in [0.1, 0.15) is 6.29 Å². The first-order valence-electron chi connectivity index (χ1n) is 1.89. The summed E-state index contributed by atoms with van der Waals surface area (Å²) in [6.45, 7) is 0. The summed E-state index contributed by atoms with van der Waals surface area (Å²) in [7, 11) is 0. The van der Waals surface area contributed by atoms with Crippen LogP contribution in [0.5, 0.6) is 0 Å². The van der Waals surface area contributed by atoms with E-state index in [1.165, 1.54) is 0 Å². The molecule has 0 heterocycles. The zero-order valence-corrected chi connectivity index (χ0v) is 2.98. The number of hydrogen-bond donors (Lipinski definition) is 0. The molecule has 1 saturated carbocycles. The Balaban J connectivity index is 0.000000250. The molecule has 6 heavy (non-hydrogen) atoms. The maximum atomic E-state index is 9.57. The molecule has 0 aliphatic heterocycles. The van der Waals surface area contributed by atoms with Gasteiger partial charge in [0.25, 0.3) is 0 Å². The van der Waals surface area contributed by atoms with Crippen LogP contribution in [0.3, 0.4) is 0 Å². The topological polar surface area (TPSA) is 17.1 Å². The van der Waals surface area contributed by atoms with Crippen LogP contribution in [0.1, 0.15) is 12.8 Å². The summed E-state index contributed by atoms with van der Waals surface area (Å²) in [5, 5.41) is 0. The van der Waals surface area contributed by atoms with Crippen molar-refractivity contribution in [3.63, 3.8) is 0 Å². The van der Waals surface area contributed by atoms with E-state index in [0.717, 1.165) is 19.1 Å². The van der Waals surface area contributed by atoms with Crippen molar-refractivity contribution in [2.24, 2.45) is 5.92 Å². The number of hydrogen-bond acceptors (Lipinski definition) is 1. The van der Waals surface area contributed by atoms with Crippen molar-refractivity contribution >= 4 is 25.1 Å². The Hall–Kier alpha value is 0.267. The van der Waals surface area contributed by atoms with Crippen LogP contribution in [0, 0.1) is 5.92 Å². The van der Waals surface area contributed by atoms with Gasteiger partial charge in [-0.3, -0.25) is 0 Å². The summed E-state index contributed by atoms with van der Waals surface area (Å²) in [5.74, 6) is 0.454. The molecule has 0 atom stereocenters. The third-order valence-electron chi connectivity index (χ3n) is 0.814. The van der Waals surface area contributed by atoms with Crippen molar-refractivity contribution in [1.29, 1.82) is 0 Å². The molecule has 1 rings (SSSR count). The predicted molar refractivity (Wildman–Crippen MR) is 25.9 cm³/mol. The monoisotopic (exact) mass is 78.1 g/mol. The fourth-order valence-corrected chi connectivity index (χ4v) is 0.232. The van der Waals surface area contributed by atoms with Crippen LogP contribution in [0.15, 0.2) is 0 Å². The number of carbonyl (C=O) groups is 1. The molecule has 0 unspecified atom stereocenters. The van der Waals surface area contributed by atoms with Gasteiger partial charge < -0.3 is 4.79 Å². The van der Waals surface area contributed by atoms with Crippen molar-refractivity contribution in [3.05, 3.63) is 0 Å². The molecule has 0 aromatic rings. The molecule has 0 radical (unpaired) electrons. The van der Waals surface area contributed by atoms with E-state index in [4.69, 9.17) is 0 Å². The van der Waals surface area contributed by atoms with Crippen molar-refractivity contribution in [2.75, 3.05) is 0 Å². The van der Waals surface area contributed by atoms with Crippen LogP contribution in [0.25, 0.3) is 0 Å². The first kappa shape index (κ1) is 6.27. The molecule has 0 bridgehead atoms. The van der Waals surface area contributed by atoms with Crippen molar-refractivity contribution in [3.8, 4) is 0 Å². The average molecular weight is 78.0 g/mol. The molecule has 0 aromatic heterocycles. The molecule has 0 spiro atoms. The molecule has 1 aliphatic rings. The standard InChI is InChI=1S/C4H6O.Li.H/c5-3-4-1-2-4;;/h3-4H,1-2H2;;. The summed E-state index contributed by atoms with van der Waals surface area (Å²) in [6, 6.07) is 0. The zero-order chi connectivity index (χ0) is 3.70. The van der Waals surface area contributed by atoms with Gasteiger partial charge in [-0.1, -0.05) is 0 Å². The Morgan fingerprint density at radius 1 is 1.50 bits per heavy atom. The normalized spacial score (nSPS) is 18.7. The third-order valence-corrected chi connectivity index (χ3v) is 0.814. The second-order valence-electron chi connectivity index (χ2n) is 1.47. The number of rotatable bonds is 1. The maximum absolute atomic E-state index is 9.57. The van der Waals surface area contributed by atoms with E-state index < -0.39 is 0 Å². The van der Waals surface area contributed by atoms with E-state index in [-0.39, 0.29) is 18.9 Å². The quantitative estimate of drug-likeness (QED) is 0.317. The SMILES string of the molecule is O=CC1CC1.[LiH]. The number of aldehydes is 1. The fraction of sp³-hybridized carbons (Fsp3) is 0.750. The van der Waals surface area contributed by atoms with Gasteiger partial charge >= 0.3 is 18.9 Å². The molecule has 0 amide bonds. The van der Waals surface area contributed by atoms with Gasteiger partial charge in [-0.2, -0.15) is 0 Å². The van der Waals surface area contributed by atoms with Gasteiger partial charge in [-0.15, -0.1) is 0 Å². The Kier molecular flexibility index (Phi) is 2.55. The molecule has 0 saturated heterocycles. The minimum absolute atomic E-state index is 0. The molecule has 2 heteroatoms. The van der Waals surface area contributed by atoms with Crippen molar-refractivity contribution < 1.29 is 4.79 Å². The van der Waals surface area contributed by atoms with E-state index in [1.54, 1.807) is 0 Å². The van der Waals surface area contributed by atoms with Crippen LogP contribution >= 0.6 is 0 Å². The molecular weight excluding hydrogens is 71.0 g/mol. The summed E-state index contributed by atoms with van der Waals surface area (Å²) in [4.78, 5) is 9.57. The first-order chi connectivity index (χ1) is 2.43. The van der Waals surface area contributed by atoms with Gasteiger partial charge in [-0.05, 0) is 12.8 Å². The Labute approximate surface area is 49.3 Å². The van der Waals surface area contributed by atoms with Gasteiger partial charge in [0, 0.05) is 5.92 Å². The van der Waals surface area contributed by atoms with E-state index >= 15 is 0 Å². The van der Waals surface area contributed by atoms with E-state index in [0.29, 0.717) is 5.92 Å². The van der Waals surface area contributed by atoms with Crippen LogP contribution in [0.2, 0.25) is 0 Å². The Morgan fingerprint density at radius 2 is 2.00 bits per heavy atom. The van der Waals surface area contributed by atoms with Crippen molar-refractivity contribution in [2.45, 2.75) is 12.8 Å². The Morgan fingerprint density at radius 3 is 2.00 bits per heavy atom. The third kappa shape index (κ3) is 1.64. The second-order valence-corrected chi connectivity index (χ2v) is 1.47. The first-order valence-corrected chi connectivity index (χ1v) is 1.89. The fourth-order valence-electron chi connectivity index (χ4n) is 0.232. The summed E-state index contributed by atoms with van der Waals surface area (Å²) < 4.78 is 0. The molecule has 0 N–H and O–H groups in total. The van der Waals surface area contributed by atoms with Gasteiger partial charge in [0.2, 0.25) is 0 Å². The van der Waals surface area contributed by atoms with Crippen LogP contribution in [0.4, 0.5) is 0 Å². The second kappa shape index (κ2) is 2.44. The number of carbonyl (C=O) groups excluding carboxylic acids is 1. The van der Waals surface area contributed by atoms with E-state index in [2.05, 4.69) is 0 Å². The molecular formula is C4H7LiO. The summed E-state index contributed by atoms with van der Waals surface area (Å²) >= 11 is 0. The van der Waals surface area contributed by atoms with Crippen LogP contribution < -0.4 is 0 Å². The van der Waals surface area contributed by atoms with Crippen LogP contribution in [-0.2, 0) is 4.79 Å². The Bertz CT molecular complexity index is 49.5. The predicted octanol–water partition coefficient (Wildman–Crippen LogP) is -0.0532. The minimum atomic E-state index is 0. The molecule has 0 aromatic carbocycles. The van der Waals surface area contributed by atoms with Crippen LogP contribution in [-0.4, -0.2) is 25.1 Å². The van der Waals surface area contributed by atoms with E-state index in [1.807, 2.05) is 0 Å².